The van der Waals surface area contributed by atoms with Crippen molar-refractivity contribution in [2.75, 3.05) is 6.54 Å². The summed E-state index contributed by atoms with van der Waals surface area (Å²) >= 11 is 1.45. The standard InChI is InChI=1S/C10H15N3O3S/c1-2-7(9(14)15)5-12-10(16)13-6-8-11-3-4-17-8/h3-4,7H,2,5-6H2,1H3,(H,14,15)(H2,12,13,16). The number of hydrogen-bond donors (Lipinski definition) is 3. The first kappa shape index (κ1) is 13.4. The van der Waals surface area contributed by atoms with Gasteiger partial charge in [-0.2, -0.15) is 0 Å². The Morgan fingerprint density at radius 3 is 2.82 bits per heavy atom. The summed E-state index contributed by atoms with van der Waals surface area (Å²) in [7, 11) is 0. The molecule has 0 bridgehead atoms. The predicted molar refractivity (Wildman–Crippen MR) is 63.8 cm³/mol. The Labute approximate surface area is 103 Å². The lowest BCUT2D eigenvalue weighted by Gasteiger charge is -2.11. The Hall–Kier alpha value is -1.63. The average molecular weight is 257 g/mol. The average Bonchev–Trinajstić information content (AvgIpc) is 2.79. The second-order valence-corrected chi connectivity index (χ2v) is 4.41. The molecule has 0 spiro atoms. The zero-order chi connectivity index (χ0) is 12.7. The normalized spacial score (nSPS) is 11.8. The molecule has 17 heavy (non-hydrogen) atoms. The summed E-state index contributed by atoms with van der Waals surface area (Å²) < 4.78 is 0. The minimum Gasteiger partial charge on any atom is -0.481 e. The smallest absolute Gasteiger partial charge is 0.315 e. The number of urea groups is 1. The maximum atomic E-state index is 11.3. The molecule has 3 N–H and O–H groups in total. The quantitative estimate of drug-likeness (QED) is 0.710. The highest BCUT2D eigenvalue weighted by Crippen LogP contribution is 2.03. The van der Waals surface area contributed by atoms with E-state index < -0.39 is 11.9 Å². The topological polar surface area (TPSA) is 91.3 Å². The molecule has 0 saturated heterocycles. The summed E-state index contributed by atoms with van der Waals surface area (Å²) in [6.07, 6.45) is 2.15. The van der Waals surface area contributed by atoms with Gasteiger partial charge in [0.05, 0.1) is 12.5 Å². The van der Waals surface area contributed by atoms with Gasteiger partial charge in [0.2, 0.25) is 0 Å². The van der Waals surface area contributed by atoms with E-state index in [1.165, 1.54) is 11.3 Å². The van der Waals surface area contributed by atoms with E-state index in [0.717, 1.165) is 5.01 Å². The van der Waals surface area contributed by atoms with Gasteiger partial charge in [0, 0.05) is 18.1 Å². The van der Waals surface area contributed by atoms with Crippen LogP contribution < -0.4 is 10.6 Å². The van der Waals surface area contributed by atoms with Crippen LogP contribution in [0.2, 0.25) is 0 Å². The second kappa shape index (κ2) is 6.85. The van der Waals surface area contributed by atoms with Crippen LogP contribution in [0.4, 0.5) is 4.79 Å². The number of aliphatic carboxylic acids is 1. The number of nitrogens with zero attached hydrogens (tertiary/aromatic N) is 1. The molecule has 0 aliphatic carbocycles. The molecule has 2 amide bonds. The fourth-order valence-electron chi connectivity index (χ4n) is 1.18. The van der Waals surface area contributed by atoms with Crippen LogP contribution in [0.5, 0.6) is 0 Å². The van der Waals surface area contributed by atoms with E-state index in [1.807, 2.05) is 5.38 Å². The highest BCUT2D eigenvalue weighted by Gasteiger charge is 2.15. The molecule has 1 aromatic rings. The zero-order valence-electron chi connectivity index (χ0n) is 9.47. The Morgan fingerprint density at radius 1 is 1.53 bits per heavy atom. The van der Waals surface area contributed by atoms with Gasteiger partial charge >= 0.3 is 12.0 Å². The number of carbonyl (C=O) groups is 2. The molecule has 1 atom stereocenters. The molecule has 0 aromatic carbocycles. The van der Waals surface area contributed by atoms with Crippen LogP contribution in [0.3, 0.4) is 0 Å². The molecular weight excluding hydrogens is 242 g/mol. The minimum atomic E-state index is -0.896. The molecule has 1 unspecified atom stereocenters. The Balaban J connectivity index is 2.23. The van der Waals surface area contributed by atoms with E-state index >= 15 is 0 Å². The zero-order valence-corrected chi connectivity index (χ0v) is 10.3. The van der Waals surface area contributed by atoms with Gasteiger partial charge in [0.25, 0.3) is 0 Å². The number of carboxylic acids is 1. The van der Waals surface area contributed by atoms with E-state index in [-0.39, 0.29) is 12.6 Å². The molecule has 1 rings (SSSR count). The van der Waals surface area contributed by atoms with Crippen LogP contribution in [0.25, 0.3) is 0 Å². The molecule has 94 valence electrons. The third kappa shape index (κ3) is 4.81. The van der Waals surface area contributed by atoms with Crippen molar-refractivity contribution in [2.24, 2.45) is 5.92 Å². The summed E-state index contributed by atoms with van der Waals surface area (Å²) in [6, 6.07) is -0.375. The lowest BCUT2D eigenvalue weighted by Crippen LogP contribution is -2.39. The van der Waals surface area contributed by atoms with Gasteiger partial charge in [-0.25, -0.2) is 9.78 Å². The molecule has 1 aromatic heterocycles. The van der Waals surface area contributed by atoms with Crippen molar-refractivity contribution in [3.63, 3.8) is 0 Å². The third-order valence-corrected chi connectivity index (χ3v) is 3.01. The Bertz CT molecular complexity index is 367. The van der Waals surface area contributed by atoms with Crippen molar-refractivity contribution in [1.82, 2.24) is 15.6 Å². The lowest BCUT2D eigenvalue weighted by atomic mass is 10.1. The van der Waals surface area contributed by atoms with Gasteiger partial charge in [0.15, 0.2) is 0 Å². The predicted octanol–water partition coefficient (Wildman–Crippen LogP) is 1.05. The largest absolute Gasteiger partial charge is 0.481 e. The highest BCUT2D eigenvalue weighted by atomic mass is 32.1. The molecule has 0 aliphatic rings. The van der Waals surface area contributed by atoms with Crippen molar-refractivity contribution in [3.05, 3.63) is 16.6 Å². The van der Waals surface area contributed by atoms with Gasteiger partial charge < -0.3 is 15.7 Å². The van der Waals surface area contributed by atoms with Gasteiger partial charge in [-0.15, -0.1) is 11.3 Å². The maximum Gasteiger partial charge on any atom is 0.315 e. The van der Waals surface area contributed by atoms with Crippen LogP contribution in [-0.2, 0) is 11.3 Å². The van der Waals surface area contributed by atoms with Crippen molar-refractivity contribution < 1.29 is 14.7 Å². The molecule has 0 aliphatic heterocycles. The highest BCUT2D eigenvalue weighted by molar-refractivity contribution is 7.09. The number of carbonyl (C=O) groups excluding carboxylic acids is 1. The monoisotopic (exact) mass is 257 g/mol. The number of aromatic nitrogens is 1. The number of rotatable bonds is 6. The van der Waals surface area contributed by atoms with Gasteiger partial charge in [-0.05, 0) is 6.42 Å². The fourth-order valence-corrected chi connectivity index (χ4v) is 1.74. The number of amides is 2. The van der Waals surface area contributed by atoms with E-state index in [0.29, 0.717) is 13.0 Å². The molecular formula is C10H15N3O3S. The third-order valence-electron chi connectivity index (χ3n) is 2.23. The maximum absolute atomic E-state index is 11.3. The molecule has 6 nitrogen and oxygen atoms in total. The Morgan fingerprint density at radius 2 is 2.29 bits per heavy atom. The van der Waals surface area contributed by atoms with Crippen molar-refractivity contribution in [2.45, 2.75) is 19.9 Å². The van der Waals surface area contributed by atoms with Crippen LogP contribution in [0.1, 0.15) is 18.4 Å². The van der Waals surface area contributed by atoms with Crippen LogP contribution in [0.15, 0.2) is 11.6 Å². The minimum absolute atomic E-state index is 0.134. The van der Waals surface area contributed by atoms with E-state index in [4.69, 9.17) is 5.11 Å². The van der Waals surface area contributed by atoms with E-state index in [9.17, 15) is 9.59 Å². The first-order valence-corrected chi connectivity index (χ1v) is 6.14. The van der Waals surface area contributed by atoms with Crippen molar-refractivity contribution in [3.8, 4) is 0 Å². The van der Waals surface area contributed by atoms with Gasteiger partial charge in [-0.1, -0.05) is 6.92 Å². The summed E-state index contributed by atoms with van der Waals surface area (Å²) in [5.41, 5.74) is 0. The fraction of sp³-hybridized carbons (Fsp3) is 0.500. The van der Waals surface area contributed by atoms with Gasteiger partial charge in [0.1, 0.15) is 5.01 Å². The summed E-state index contributed by atoms with van der Waals surface area (Å²) in [5.74, 6) is -1.44. The number of carboxylic acid groups (broad SMARTS) is 1. The van der Waals surface area contributed by atoms with Crippen molar-refractivity contribution >= 4 is 23.3 Å². The number of hydrogen-bond acceptors (Lipinski definition) is 4. The van der Waals surface area contributed by atoms with Crippen LogP contribution in [0, 0.1) is 5.92 Å². The Kier molecular flexibility index (Phi) is 5.41. The summed E-state index contributed by atoms with van der Waals surface area (Å²) in [6.45, 7) is 2.26. The molecule has 7 heteroatoms. The summed E-state index contributed by atoms with van der Waals surface area (Å²) in [4.78, 5) is 26.1. The van der Waals surface area contributed by atoms with Gasteiger partial charge in [-0.3, -0.25) is 4.79 Å². The lowest BCUT2D eigenvalue weighted by molar-refractivity contribution is -0.141. The van der Waals surface area contributed by atoms with E-state index in [2.05, 4.69) is 15.6 Å². The first-order valence-electron chi connectivity index (χ1n) is 5.26. The van der Waals surface area contributed by atoms with Crippen LogP contribution in [-0.4, -0.2) is 28.6 Å². The second-order valence-electron chi connectivity index (χ2n) is 3.43. The molecule has 0 radical (unpaired) electrons. The number of nitrogens with one attached hydrogen (secondary N) is 2. The first-order chi connectivity index (χ1) is 8.13. The number of thiazole rings is 1. The van der Waals surface area contributed by atoms with E-state index in [1.54, 1.807) is 13.1 Å². The summed E-state index contributed by atoms with van der Waals surface area (Å²) in [5, 5.41) is 16.6. The van der Waals surface area contributed by atoms with Crippen molar-refractivity contribution in [1.29, 1.82) is 0 Å². The molecule has 0 fully saturated rings. The molecule has 0 saturated carbocycles. The SMILES string of the molecule is CCC(CNC(=O)NCc1nccs1)C(=O)O. The van der Waals surface area contributed by atoms with Crippen LogP contribution >= 0.6 is 11.3 Å². The molecule has 1 heterocycles.